The fourth-order valence-corrected chi connectivity index (χ4v) is 5.11. The molecule has 1 fully saturated rings. The number of piperidine rings is 1. The van der Waals surface area contributed by atoms with Crippen LogP contribution in [0.5, 0.6) is 5.75 Å². The summed E-state index contributed by atoms with van der Waals surface area (Å²) in [6, 6.07) is 10.6. The van der Waals surface area contributed by atoms with Gasteiger partial charge in [0.25, 0.3) is 0 Å². The monoisotopic (exact) mass is 498 g/mol. The maximum absolute atomic E-state index is 13.5. The van der Waals surface area contributed by atoms with Gasteiger partial charge in [0, 0.05) is 29.5 Å². The predicted molar refractivity (Wildman–Crippen MR) is 135 cm³/mol. The SMILES string of the molecule is COc1cc(Nc2nc3ncnc(Nc4ccc(F)c(Cl)c4)c3s2)ccc1CN1CCCCC1. The molecule has 0 radical (unpaired) electrons. The fraction of sp³-hybridized carbons (Fsp3) is 0.292. The molecular weight excluding hydrogens is 475 g/mol. The Morgan fingerprint density at radius 2 is 1.85 bits per heavy atom. The molecule has 4 aromatic rings. The largest absolute Gasteiger partial charge is 0.496 e. The second-order valence-corrected chi connectivity index (χ2v) is 9.54. The lowest BCUT2D eigenvalue weighted by Crippen LogP contribution is -2.29. The van der Waals surface area contributed by atoms with E-state index < -0.39 is 5.82 Å². The number of rotatable bonds is 7. The highest BCUT2D eigenvalue weighted by Crippen LogP contribution is 2.34. The highest BCUT2D eigenvalue weighted by molar-refractivity contribution is 7.22. The van der Waals surface area contributed by atoms with Crippen LogP contribution in [0.3, 0.4) is 0 Å². The van der Waals surface area contributed by atoms with Crippen molar-refractivity contribution in [1.82, 2.24) is 19.9 Å². The molecule has 7 nitrogen and oxygen atoms in total. The maximum atomic E-state index is 13.5. The third-order valence-corrected chi connectivity index (χ3v) is 7.01. The van der Waals surface area contributed by atoms with Crippen LogP contribution >= 0.6 is 22.9 Å². The van der Waals surface area contributed by atoms with Crippen molar-refractivity contribution in [2.24, 2.45) is 0 Å². The van der Waals surface area contributed by atoms with Gasteiger partial charge >= 0.3 is 0 Å². The Morgan fingerprint density at radius 3 is 2.65 bits per heavy atom. The molecule has 5 rings (SSSR count). The number of thiazole rings is 1. The molecule has 0 atom stereocenters. The minimum absolute atomic E-state index is 0.0413. The molecule has 2 aromatic carbocycles. The number of hydrogen-bond acceptors (Lipinski definition) is 8. The summed E-state index contributed by atoms with van der Waals surface area (Å²) in [6.07, 6.45) is 5.27. The Hall–Kier alpha value is -3.01. The first-order chi connectivity index (χ1) is 16.6. The number of methoxy groups -OCH3 is 1. The summed E-state index contributed by atoms with van der Waals surface area (Å²) in [5, 5.41) is 7.25. The molecule has 0 unspecified atom stereocenters. The molecule has 3 heterocycles. The number of ether oxygens (including phenoxy) is 1. The number of nitrogens with zero attached hydrogens (tertiary/aromatic N) is 4. The lowest BCUT2D eigenvalue weighted by atomic mass is 10.1. The van der Waals surface area contributed by atoms with Crippen molar-refractivity contribution in [2.75, 3.05) is 30.8 Å². The van der Waals surface area contributed by atoms with Gasteiger partial charge in [-0.1, -0.05) is 35.4 Å². The van der Waals surface area contributed by atoms with Crippen molar-refractivity contribution < 1.29 is 9.13 Å². The molecule has 34 heavy (non-hydrogen) atoms. The van der Waals surface area contributed by atoms with Gasteiger partial charge in [-0.2, -0.15) is 4.98 Å². The zero-order valence-electron chi connectivity index (χ0n) is 18.6. The van der Waals surface area contributed by atoms with E-state index in [1.54, 1.807) is 13.2 Å². The van der Waals surface area contributed by atoms with Crippen molar-refractivity contribution >= 4 is 55.6 Å². The van der Waals surface area contributed by atoms with E-state index in [0.717, 1.165) is 35.8 Å². The van der Waals surface area contributed by atoms with Gasteiger partial charge in [0.05, 0.1) is 12.1 Å². The third kappa shape index (κ3) is 5.06. The molecule has 0 aliphatic carbocycles. The lowest BCUT2D eigenvalue weighted by Gasteiger charge is -2.27. The highest BCUT2D eigenvalue weighted by atomic mass is 35.5. The van der Waals surface area contributed by atoms with Gasteiger partial charge < -0.3 is 15.4 Å². The van der Waals surface area contributed by atoms with Gasteiger partial charge in [-0.15, -0.1) is 0 Å². The van der Waals surface area contributed by atoms with Gasteiger partial charge in [0.1, 0.15) is 22.6 Å². The Balaban J connectivity index is 1.35. The van der Waals surface area contributed by atoms with Crippen molar-refractivity contribution in [2.45, 2.75) is 25.8 Å². The predicted octanol–water partition coefficient (Wildman–Crippen LogP) is 6.36. The van der Waals surface area contributed by atoms with Crippen LogP contribution in [-0.2, 0) is 6.54 Å². The van der Waals surface area contributed by atoms with E-state index in [2.05, 4.69) is 36.6 Å². The molecular formula is C24H24ClFN6OS. The van der Waals surface area contributed by atoms with Crippen LogP contribution in [0.4, 0.5) is 26.7 Å². The number of benzene rings is 2. The van der Waals surface area contributed by atoms with E-state index in [1.165, 1.54) is 54.6 Å². The number of halogens is 2. The highest BCUT2D eigenvalue weighted by Gasteiger charge is 2.15. The Kier molecular flexibility index (Phi) is 6.75. The zero-order valence-corrected chi connectivity index (χ0v) is 20.2. The van der Waals surface area contributed by atoms with Crippen LogP contribution in [0.25, 0.3) is 10.3 Å². The molecule has 0 amide bonds. The first kappa shape index (κ1) is 22.8. The normalized spacial score (nSPS) is 14.3. The van der Waals surface area contributed by atoms with E-state index in [0.29, 0.717) is 22.3 Å². The van der Waals surface area contributed by atoms with Crippen LogP contribution in [0.2, 0.25) is 5.02 Å². The molecule has 0 spiro atoms. The summed E-state index contributed by atoms with van der Waals surface area (Å²) in [7, 11) is 1.70. The van der Waals surface area contributed by atoms with Crippen LogP contribution in [0, 0.1) is 5.82 Å². The molecule has 2 N–H and O–H groups in total. The lowest BCUT2D eigenvalue weighted by molar-refractivity contribution is 0.218. The quantitative estimate of drug-likeness (QED) is 0.307. The van der Waals surface area contributed by atoms with Crippen molar-refractivity contribution in [3.63, 3.8) is 0 Å². The molecule has 2 aromatic heterocycles. The van der Waals surface area contributed by atoms with Gasteiger partial charge in [0.2, 0.25) is 0 Å². The number of fused-ring (bicyclic) bond motifs is 1. The second kappa shape index (κ2) is 10.1. The van der Waals surface area contributed by atoms with Crippen LogP contribution in [-0.4, -0.2) is 40.1 Å². The first-order valence-corrected chi connectivity index (χ1v) is 12.3. The summed E-state index contributed by atoms with van der Waals surface area (Å²) >= 11 is 7.33. The van der Waals surface area contributed by atoms with Crippen molar-refractivity contribution in [3.8, 4) is 5.75 Å². The number of hydrogen-bond donors (Lipinski definition) is 2. The van der Waals surface area contributed by atoms with Crippen molar-refractivity contribution in [3.05, 3.63) is 59.1 Å². The van der Waals surface area contributed by atoms with Gasteiger partial charge in [-0.05, 0) is 50.2 Å². The van der Waals surface area contributed by atoms with E-state index in [4.69, 9.17) is 16.3 Å². The molecule has 1 aliphatic rings. The van der Waals surface area contributed by atoms with Crippen LogP contribution in [0.1, 0.15) is 24.8 Å². The number of anilines is 4. The van der Waals surface area contributed by atoms with E-state index >= 15 is 0 Å². The van der Waals surface area contributed by atoms with Gasteiger partial charge in [-0.3, -0.25) is 4.90 Å². The number of aromatic nitrogens is 3. The summed E-state index contributed by atoms with van der Waals surface area (Å²) in [6.45, 7) is 3.16. The van der Waals surface area contributed by atoms with Crippen LogP contribution in [0.15, 0.2) is 42.7 Å². The summed E-state index contributed by atoms with van der Waals surface area (Å²) in [5.74, 6) is 0.960. The molecule has 0 saturated carbocycles. The average molecular weight is 499 g/mol. The molecule has 1 aliphatic heterocycles. The molecule has 10 heteroatoms. The maximum Gasteiger partial charge on any atom is 0.189 e. The van der Waals surface area contributed by atoms with Gasteiger partial charge in [0.15, 0.2) is 16.6 Å². The topological polar surface area (TPSA) is 75.2 Å². The fourth-order valence-electron chi connectivity index (χ4n) is 4.04. The number of likely N-dealkylation sites (tertiary alicyclic amines) is 1. The number of nitrogens with one attached hydrogen (secondary N) is 2. The average Bonchev–Trinajstić information content (AvgIpc) is 3.26. The van der Waals surface area contributed by atoms with Gasteiger partial charge in [-0.25, -0.2) is 14.4 Å². The Labute approximate surface area is 206 Å². The van der Waals surface area contributed by atoms with Crippen molar-refractivity contribution in [1.29, 1.82) is 0 Å². The smallest absolute Gasteiger partial charge is 0.189 e. The Morgan fingerprint density at radius 1 is 1.06 bits per heavy atom. The zero-order chi connectivity index (χ0) is 23.5. The summed E-state index contributed by atoms with van der Waals surface area (Å²) in [4.78, 5) is 15.7. The Bertz CT molecular complexity index is 1310. The van der Waals surface area contributed by atoms with E-state index in [-0.39, 0.29) is 5.02 Å². The van der Waals surface area contributed by atoms with Crippen LogP contribution < -0.4 is 15.4 Å². The first-order valence-electron chi connectivity index (χ1n) is 11.1. The standard InChI is InChI=1S/C24H24ClFN6OS/c1-33-20-12-17(6-5-15(20)13-32-9-3-2-4-10-32)30-24-31-23-21(34-24)22(27-14-28-23)29-16-7-8-19(26)18(25)11-16/h5-8,11-12,14H,2-4,9-10,13H2,1H3,(H2,27,28,29,30,31). The molecule has 1 saturated heterocycles. The minimum Gasteiger partial charge on any atom is -0.496 e. The summed E-state index contributed by atoms with van der Waals surface area (Å²) < 4.78 is 19.9. The second-order valence-electron chi connectivity index (χ2n) is 8.14. The molecule has 176 valence electrons. The summed E-state index contributed by atoms with van der Waals surface area (Å²) in [5.41, 5.74) is 3.25. The third-order valence-electron chi connectivity index (χ3n) is 5.75. The van der Waals surface area contributed by atoms with E-state index in [9.17, 15) is 4.39 Å². The minimum atomic E-state index is -0.471. The molecule has 0 bridgehead atoms. The van der Waals surface area contributed by atoms with E-state index in [1.807, 2.05) is 12.1 Å².